The summed E-state index contributed by atoms with van der Waals surface area (Å²) >= 11 is 5.01. The molecule has 2 rings (SSSR count). The molecule has 6 nitrogen and oxygen atoms in total. The molecular formula is C18H25N3O3S. The van der Waals surface area contributed by atoms with Gasteiger partial charge in [-0.2, -0.15) is 0 Å². The molecule has 0 bridgehead atoms. The molecule has 1 aliphatic carbocycles. The average molecular weight is 363 g/mol. The Morgan fingerprint density at radius 1 is 1.16 bits per heavy atom. The van der Waals surface area contributed by atoms with Crippen LogP contribution in [0, 0.1) is 19.8 Å². The molecular weight excluding hydrogens is 338 g/mol. The Morgan fingerprint density at radius 2 is 1.88 bits per heavy atom. The second kappa shape index (κ2) is 9.36. The summed E-state index contributed by atoms with van der Waals surface area (Å²) < 4.78 is 5.50. The minimum absolute atomic E-state index is 0.0862. The van der Waals surface area contributed by atoms with E-state index in [1.165, 1.54) is 12.8 Å². The molecule has 0 heterocycles. The molecule has 1 saturated carbocycles. The SMILES string of the molecule is Cc1cccc(OCC(=O)NNC(=S)NC(=O)CC2CCCC2)c1C. The minimum Gasteiger partial charge on any atom is -0.483 e. The second-order valence-corrected chi connectivity index (χ2v) is 6.80. The molecule has 1 aromatic rings. The van der Waals surface area contributed by atoms with Crippen LogP contribution in [0.5, 0.6) is 5.75 Å². The molecule has 1 aromatic carbocycles. The van der Waals surface area contributed by atoms with Gasteiger partial charge in [-0.15, -0.1) is 0 Å². The van der Waals surface area contributed by atoms with Crippen molar-refractivity contribution in [2.75, 3.05) is 6.61 Å². The third kappa shape index (κ3) is 6.34. The van der Waals surface area contributed by atoms with Crippen molar-refractivity contribution in [3.05, 3.63) is 29.3 Å². The number of rotatable bonds is 5. The highest BCUT2D eigenvalue weighted by atomic mass is 32.1. The van der Waals surface area contributed by atoms with E-state index >= 15 is 0 Å². The van der Waals surface area contributed by atoms with Gasteiger partial charge in [0.25, 0.3) is 5.91 Å². The number of hydrogen-bond donors (Lipinski definition) is 3. The van der Waals surface area contributed by atoms with Gasteiger partial charge in [0.05, 0.1) is 0 Å². The number of aryl methyl sites for hydroxylation is 1. The number of hydrogen-bond acceptors (Lipinski definition) is 4. The number of ether oxygens (including phenoxy) is 1. The van der Waals surface area contributed by atoms with E-state index in [4.69, 9.17) is 17.0 Å². The zero-order valence-electron chi connectivity index (χ0n) is 14.7. The van der Waals surface area contributed by atoms with Crippen molar-refractivity contribution in [1.29, 1.82) is 0 Å². The first-order valence-corrected chi connectivity index (χ1v) is 8.94. The van der Waals surface area contributed by atoms with Crippen LogP contribution in [0.1, 0.15) is 43.2 Å². The van der Waals surface area contributed by atoms with E-state index in [9.17, 15) is 9.59 Å². The smallest absolute Gasteiger partial charge is 0.276 e. The van der Waals surface area contributed by atoms with Crippen molar-refractivity contribution in [3.8, 4) is 5.75 Å². The molecule has 0 spiro atoms. The van der Waals surface area contributed by atoms with Crippen LogP contribution in [0.3, 0.4) is 0 Å². The number of amides is 2. The number of carbonyl (C=O) groups is 2. The number of benzene rings is 1. The molecule has 0 saturated heterocycles. The van der Waals surface area contributed by atoms with Gasteiger partial charge in [0.15, 0.2) is 11.7 Å². The molecule has 0 radical (unpaired) electrons. The lowest BCUT2D eigenvalue weighted by molar-refractivity contribution is -0.124. The summed E-state index contributed by atoms with van der Waals surface area (Å²) in [6, 6.07) is 5.68. The summed E-state index contributed by atoms with van der Waals surface area (Å²) in [5.41, 5.74) is 7.03. The Bertz CT molecular complexity index is 642. The molecule has 3 N–H and O–H groups in total. The number of thiocarbonyl (C=S) groups is 1. The first kappa shape index (κ1) is 19.2. The Labute approximate surface area is 153 Å². The van der Waals surface area contributed by atoms with Crippen LogP contribution in [-0.4, -0.2) is 23.5 Å². The molecule has 7 heteroatoms. The zero-order chi connectivity index (χ0) is 18.2. The summed E-state index contributed by atoms with van der Waals surface area (Å²) in [5, 5.41) is 2.66. The van der Waals surface area contributed by atoms with Crippen LogP contribution >= 0.6 is 12.2 Å². The van der Waals surface area contributed by atoms with E-state index in [-0.39, 0.29) is 23.5 Å². The van der Waals surface area contributed by atoms with E-state index in [2.05, 4.69) is 16.2 Å². The minimum atomic E-state index is -0.381. The highest BCUT2D eigenvalue weighted by Crippen LogP contribution is 2.27. The van der Waals surface area contributed by atoms with Crippen molar-refractivity contribution in [2.24, 2.45) is 5.92 Å². The molecule has 1 aliphatic rings. The normalized spacial score (nSPS) is 14.0. The third-order valence-electron chi connectivity index (χ3n) is 4.43. The third-order valence-corrected chi connectivity index (χ3v) is 4.64. The first-order chi connectivity index (χ1) is 12.0. The zero-order valence-corrected chi connectivity index (χ0v) is 15.5. The predicted octanol–water partition coefficient (Wildman–Crippen LogP) is 2.28. The van der Waals surface area contributed by atoms with Crippen molar-refractivity contribution >= 4 is 29.1 Å². The van der Waals surface area contributed by atoms with Gasteiger partial charge < -0.3 is 10.1 Å². The summed E-state index contributed by atoms with van der Waals surface area (Å²) in [6.07, 6.45) is 5.06. The van der Waals surface area contributed by atoms with Crippen LogP contribution in [0.2, 0.25) is 0 Å². The van der Waals surface area contributed by atoms with Crippen LogP contribution in [0.25, 0.3) is 0 Å². The lowest BCUT2D eigenvalue weighted by Crippen LogP contribution is -2.49. The summed E-state index contributed by atoms with van der Waals surface area (Å²) in [5.74, 6) is 0.615. The van der Waals surface area contributed by atoms with Gasteiger partial charge in [-0.3, -0.25) is 20.4 Å². The van der Waals surface area contributed by atoms with E-state index in [1.54, 1.807) is 0 Å². The number of hydrazine groups is 1. The van der Waals surface area contributed by atoms with Crippen molar-refractivity contribution < 1.29 is 14.3 Å². The summed E-state index contributed by atoms with van der Waals surface area (Å²) in [4.78, 5) is 23.7. The van der Waals surface area contributed by atoms with Gasteiger partial charge in [-0.25, -0.2) is 0 Å². The van der Waals surface area contributed by atoms with Crippen molar-refractivity contribution in [2.45, 2.75) is 46.0 Å². The Hall–Kier alpha value is -2.15. The Morgan fingerprint density at radius 3 is 2.60 bits per heavy atom. The lowest BCUT2D eigenvalue weighted by Gasteiger charge is -2.13. The average Bonchev–Trinajstić information content (AvgIpc) is 3.07. The molecule has 25 heavy (non-hydrogen) atoms. The number of nitrogens with one attached hydrogen (secondary N) is 3. The first-order valence-electron chi connectivity index (χ1n) is 8.53. The molecule has 0 aromatic heterocycles. The Kier molecular flexibility index (Phi) is 7.18. The van der Waals surface area contributed by atoms with Crippen LogP contribution in [-0.2, 0) is 9.59 Å². The van der Waals surface area contributed by atoms with E-state index in [0.717, 1.165) is 24.0 Å². The maximum atomic E-state index is 11.9. The summed E-state index contributed by atoms with van der Waals surface area (Å²) in [7, 11) is 0. The monoisotopic (exact) mass is 363 g/mol. The van der Waals surface area contributed by atoms with E-state index in [0.29, 0.717) is 18.1 Å². The van der Waals surface area contributed by atoms with E-state index in [1.807, 2.05) is 32.0 Å². The fraction of sp³-hybridized carbons (Fsp3) is 0.500. The van der Waals surface area contributed by atoms with Gasteiger partial charge in [0.2, 0.25) is 5.91 Å². The van der Waals surface area contributed by atoms with Gasteiger partial charge >= 0.3 is 0 Å². The topological polar surface area (TPSA) is 79.5 Å². The van der Waals surface area contributed by atoms with Gasteiger partial charge in [0.1, 0.15) is 5.75 Å². The second-order valence-electron chi connectivity index (χ2n) is 6.39. The van der Waals surface area contributed by atoms with Crippen LogP contribution in [0.15, 0.2) is 18.2 Å². The molecule has 2 amide bonds. The van der Waals surface area contributed by atoms with Gasteiger partial charge in [-0.1, -0.05) is 25.0 Å². The largest absolute Gasteiger partial charge is 0.483 e. The van der Waals surface area contributed by atoms with Gasteiger partial charge in [0, 0.05) is 6.42 Å². The Balaban J connectivity index is 1.66. The molecule has 0 unspecified atom stereocenters. The van der Waals surface area contributed by atoms with E-state index < -0.39 is 0 Å². The lowest BCUT2D eigenvalue weighted by atomic mass is 10.0. The quantitative estimate of drug-likeness (QED) is 0.552. The highest BCUT2D eigenvalue weighted by Gasteiger charge is 2.18. The fourth-order valence-corrected chi connectivity index (χ4v) is 3.04. The highest BCUT2D eigenvalue weighted by molar-refractivity contribution is 7.80. The van der Waals surface area contributed by atoms with Crippen molar-refractivity contribution in [1.82, 2.24) is 16.2 Å². The molecule has 136 valence electrons. The molecule has 0 aliphatic heterocycles. The molecule has 1 fully saturated rings. The standard InChI is InChI=1S/C18H25N3O3S/c1-12-6-5-9-15(13(12)2)24-11-17(23)20-21-18(25)19-16(22)10-14-7-3-4-8-14/h5-6,9,14H,3-4,7-8,10-11H2,1-2H3,(H,20,23)(H2,19,21,22,25). The van der Waals surface area contributed by atoms with Crippen LogP contribution in [0.4, 0.5) is 0 Å². The fourth-order valence-electron chi connectivity index (χ4n) is 2.87. The number of carbonyl (C=O) groups excluding carboxylic acids is 2. The maximum absolute atomic E-state index is 11.9. The predicted molar refractivity (Wildman–Crippen MR) is 100 cm³/mol. The van der Waals surface area contributed by atoms with Gasteiger partial charge in [-0.05, 0) is 62.0 Å². The molecule has 0 atom stereocenters. The van der Waals surface area contributed by atoms with Crippen molar-refractivity contribution in [3.63, 3.8) is 0 Å². The summed E-state index contributed by atoms with van der Waals surface area (Å²) in [6.45, 7) is 3.78. The maximum Gasteiger partial charge on any atom is 0.276 e. The van der Waals surface area contributed by atoms with Crippen LogP contribution < -0.4 is 20.9 Å².